The molecular formula is C17H13Cl3N2O3S. The molecule has 3 rings (SSSR count). The predicted molar refractivity (Wildman–Crippen MR) is 106 cm³/mol. The summed E-state index contributed by atoms with van der Waals surface area (Å²) < 4.78 is 0. The highest BCUT2D eigenvalue weighted by Crippen LogP contribution is 2.36. The lowest BCUT2D eigenvalue weighted by Gasteiger charge is -2.45. The minimum absolute atomic E-state index is 0.0727. The van der Waals surface area contributed by atoms with Crippen molar-refractivity contribution >= 4 is 69.5 Å². The van der Waals surface area contributed by atoms with Gasteiger partial charge in [-0.1, -0.05) is 54.1 Å². The molecule has 5 nitrogen and oxygen atoms in total. The highest BCUT2D eigenvalue weighted by Gasteiger charge is 2.58. The van der Waals surface area contributed by atoms with Gasteiger partial charge in [0.1, 0.15) is 6.04 Å². The summed E-state index contributed by atoms with van der Waals surface area (Å²) in [6, 6.07) is 2.75. The zero-order valence-electron chi connectivity index (χ0n) is 13.3. The number of alkyl halides is 1. The number of aliphatic carboxylic acids is 1. The lowest BCUT2D eigenvalue weighted by Crippen LogP contribution is -2.69. The van der Waals surface area contributed by atoms with Crippen LogP contribution in [0.5, 0.6) is 0 Å². The van der Waals surface area contributed by atoms with Crippen LogP contribution in [0.3, 0.4) is 0 Å². The zero-order valence-corrected chi connectivity index (χ0v) is 16.4. The lowest BCUT2D eigenvalue weighted by atomic mass is 9.89. The van der Waals surface area contributed by atoms with Gasteiger partial charge >= 0.3 is 5.97 Å². The SMILES string of the molecule is C=C(CCl)C(C(=O)O)N1C(=O)C2N=C(Cc3cccc(Cl)c3Cl)C(=S)C21. The van der Waals surface area contributed by atoms with Gasteiger partial charge in [0.25, 0.3) is 5.91 Å². The molecule has 1 N–H and O–H groups in total. The van der Waals surface area contributed by atoms with Gasteiger partial charge in [0.15, 0.2) is 12.1 Å². The van der Waals surface area contributed by atoms with Crippen molar-refractivity contribution in [3.05, 3.63) is 46.0 Å². The van der Waals surface area contributed by atoms with Crippen LogP contribution in [0.25, 0.3) is 0 Å². The molecule has 3 unspecified atom stereocenters. The third-order valence-corrected chi connectivity index (χ3v) is 6.09. The number of amides is 1. The van der Waals surface area contributed by atoms with Gasteiger partial charge in [-0.2, -0.15) is 0 Å². The Morgan fingerprint density at radius 1 is 1.42 bits per heavy atom. The Labute approximate surface area is 170 Å². The third-order valence-electron chi connectivity index (χ3n) is 4.41. The number of aliphatic imine (C=N–C) groups is 1. The molecule has 1 amide bonds. The van der Waals surface area contributed by atoms with E-state index in [1.54, 1.807) is 18.2 Å². The van der Waals surface area contributed by atoms with E-state index in [2.05, 4.69) is 11.6 Å². The normalized spacial score (nSPS) is 22.6. The van der Waals surface area contributed by atoms with E-state index < -0.39 is 30.0 Å². The molecule has 0 aliphatic carbocycles. The molecular weight excluding hydrogens is 419 g/mol. The number of hydrogen-bond acceptors (Lipinski definition) is 4. The third kappa shape index (κ3) is 3.05. The number of carboxylic acids is 1. The molecule has 9 heteroatoms. The second-order valence-corrected chi connectivity index (χ2v) is 7.49. The highest BCUT2D eigenvalue weighted by molar-refractivity contribution is 7.82. The Kier molecular flexibility index (Phi) is 5.40. The van der Waals surface area contributed by atoms with Crippen LogP contribution >= 0.6 is 47.0 Å². The molecule has 0 aromatic heterocycles. The van der Waals surface area contributed by atoms with Crippen LogP contribution in [0.15, 0.2) is 35.3 Å². The Bertz CT molecular complexity index is 871. The molecule has 0 spiro atoms. The van der Waals surface area contributed by atoms with Gasteiger partial charge in [0, 0.05) is 12.3 Å². The summed E-state index contributed by atoms with van der Waals surface area (Å²) in [4.78, 5) is 30.1. The molecule has 1 aromatic rings. The first-order chi connectivity index (χ1) is 12.3. The number of nitrogens with zero attached hydrogens (tertiary/aromatic N) is 2. The minimum Gasteiger partial charge on any atom is -0.479 e. The Morgan fingerprint density at radius 3 is 2.73 bits per heavy atom. The summed E-state index contributed by atoms with van der Waals surface area (Å²) in [5.41, 5.74) is 1.50. The number of halogens is 3. The van der Waals surface area contributed by atoms with Crippen LogP contribution in [0.2, 0.25) is 10.0 Å². The quantitative estimate of drug-likeness (QED) is 0.325. The maximum absolute atomic E-state index is 12.4. The van der Waals surface area contributed by atoms with Crippen molar-refractivity contribution in [2.45, 2.75) is 24.5 Å². The highest BCUT2D eigenvalue weighted by atomic mass is 35.5. The fourth-order valence-corrected chi connectivity index (χ4v) is 4.04. The van der Waals surface area contributed by atoms with Crippen molar-refractivity contribution < 1.29 is 14.7 Å². The molecule has 1 fully saturated rings. The number of thiocarbonyl (C=S) groups is 1. The van der Waals surface area contributed by atoms with E-state index in [0.717, 1.165) is 5.56 Å². The summed E-state index contributed by atoms with van der Waals surface area (Å²) in [7, 11) is 0. The molecule has 1 aromatic carbocycles. The van der Waals surface area contributed by atoms with E-state index in [0.29, 0.717) is 27.0 Å². The van der Waals surface area contributed by atoms with E-state index >= 15 is 0 Å². The average molecular weight is 432 g/mol. The van der Waals surface area contributed by atoms with Crippen LogP contribution in [0.1, 0.15) is 5.56 Å². The smallest absolute Gasteiger partial charge is 0.330 e. The van der Waals surface area contributed by atoms with Crippen molar-refractivity contribution in [3.8, 4) is 0 Å². The number of carbonyl (C=O) groups is 2. The number of carbonyl (C=O) groups excluding carboxylic acids is 1. The molecule has 136 valence electrons. The van der Waals surface area contributed by atoms with Crippen LogP contribution < -0.4 is 0 Å². The fraction of sp³-hybridized carbons (Fsp3) is 0.294. The summed E-state index contributed by atoms with van der Waals surface area (Å²) >= 11 is 23.4. The maximum atomic E-state index is 12.4. The molecule has 2 heterocycles. The van der Waals surface area contributed by atoms with Crippen molar-refractivity contribution in [2.75, 3.05) is 5.88 Å². The Hall–Kier alpha value is -1.47. The van der Waals surface area contributed by atoms with Gasteiger partial charge in [-0.05, 0) is 17.2 Å². The number of fused-ring (bicyclic) bond motifs is 1. The summed E-state index contributed by atoms with van der Waals surface area (Å²) in [6.45, 7) is 3.66. The number of rotatable bonds is 6. The zero-order chi connectivity index (χ0) is 19.2. The van der Waals surface area contributed by atoms with Gasteiger partial charge in [-0.25, -0.2) is 4.79 Å². The first-order valence-corrected chi connectivity index (χ1v) is 9.30. The van der Waals surface area contributed by atoms with Crippen molar-refractivity contribution in [1.82, 2.24) is 4.90 Å². The molecule has 26 heavy (non-hydrogen) atoms. The van der Waals surface area contributed by atoms with Crippen LogP contribution in [0.4, 0.5) is 0 Å². The Balaban J connectivity index is 1.85. The van der Waals surface area contributed by atoms with E-state index in [-0.39, 0.29) is 11.5 Å². The van der Waals surface area contributed by atoms with Crippen LogP contribution in [-0.2, 0) is 16.0 Å². The molecule has 0 saturated carbocycles. The second-order valence-electron chi connectivity index (χ2n) is 6.00. The topological polar surface area (TPSA) is 70.0 Å². The number of carboxylic acid groups (broad SMARTS) is 1. The summed E-state index contributed by atoms with van der Waals surface area (Å²) in [6.07, 6.45) is 0.320. The van der Waals surface area contributed by atoms with Crippen LogP contribution in [-0.4, -0.2) is 56.5 Å². The van der Waals surface area contributed by atoms with Gasteiger partial charge in [0.2, 0.25) is 0 Å². The Morgan fingerprint density at radius 2 is 2.12 bits per heavy atom. The number of hydrogen-bond donors (Lipinski definition) is 1. The number of benzene rings is 1. The summed E-state index contributed by atoms with van der Waals surface area (Å²) in [5.74, 6) is -1.67. The van der Waals surface area contributed by atoms with E-state index in [1.807, 2.05) is 0 Å². The van der Waals surface area contributed by atoms with E-state index in [1.165, 1.54) is 4.90 Å². The van der Waals surface area contributed by atoms with Gasteiger partial charge < -0.3 is 10.0 Å². The summed E-state index contributed by atoms with van der Waals surface area (Å²) in [5, 5.41) is 10.3. The van der Waals surface area contributed by atoms with Gasteiger partial charge in [0.05, 0.1) is 20.6 Å². The molecule has 1 saturated heterocycles. The molecule has 0 radical (unpaired) electrons. The van der Waals surface area contributed by atoms with Crippen molar-refractivity contribution in [2.24, 2.45) is 4.99 Å². The number of β-lactam (4-membered cyclic amide) rings is 1. The van der Waals surface area contributed by atoms with Crippen LogP contribution in [0, 0.1) is 0 Å². The first-order valence-electron chi connectivity index (χ1n) is 7.60. The fourth-order valence-electron chi connectivity index (χ4n) is 3.14. The second kappa shape index (κ2) is 7.27. The maximum Gasteiger partial charge on any atom is 0.330 e. The standard InChI is InChI=1S/C17H13Cl3N2O3S/c1-7(6-18)13(17(24)25)22-14-12(16(22)23)21-10(15(14)26)5-8-3-2-4-9(19)11(8)20/h2-4,12-14H,1,5-6H2,(H,24,25). The average Bonchev–Trinajstić information content (AvgIpc) is 2.88. The molecule has 0 bridgehead atoms. The largest absolute Gasteiger partial charge is 0.479 e. The molecule has 2 aliphatic heterocycles. The first kappa shape index (κ1) is 19.3. The van der Waals surface area contributed by atoms with Crippen molar-refractivity contribution in [3.63, 3.8) is 0 Å². The monoisotopic (exact) mass is 430 g/mol. The lowest BCUT2D eigenvalue weighted by molar-refractivity contribution is -0.158. The van der Waals surface area contributed by atoms with E-state index in [9.17, 15) is 14.7 Å². The van der Waals surface area contributed by atoms with Gasteiger partial charge in [-0.15, -0.1) is 11.6 Å². The van der Waals surface area contributed by atoms with Gasteiger partial charge in [-0.3, -0.25) is 9.79 Å². The molecule has 2 aliphatic rings. The van der Waals surface area contributed by atoms with E-state index in [4.69, 9.17) is 47.0 Å². The minimum atomic E-state index is -1.22. The predicted octanol–water partition coefficient (Wildman–Crippen LogP) is 3.19. The number of likely N-dealkylation sites (tertiary alicyclic amines) is 1. The van der Waals surface area contributed by atoms with Crippen molar-refractivity contribution in [1.29, 1.82) is 0 Å². The molecule has 3 atom stereocenters.